The Morgan fingerprint density at radius 1 is 1.26 bits per heavy atom. The molecule has 7 nitrogen and oxygen atoms in total. The number of amides is 2. The molecule has 142 valence electrons. The Hall–Kier alpha value is -2.94. The fraction of sp³-hybridized carbons (Fsp3) is 0.222. The van der Waals surface area contributed by atoms with Gasteiger partial charge in [0.05, 0.1) is 21.6 Å². The number of primary amides is 1. The number of nitrogens with two attached hydrogens (primary N) is 1. The number of hydrogen-bond donors (Lipinski definition) is 1. The highest BCUT2D eigenvalue weighted by Crippen LogP contribution is 2.31. The van der Waals surface area contributed by atoms with Crippen molar-refractivity contribution in [2.24, 2.45) is 5.73 Å². The Morgan fingerprint density at radius 2 is 1.89 bits per heavy atom. The molecule has 0 spiro atoms. The van der Waals surface area contributed by atoms with Gasteiger partial charge in [-0.1, -0.05) is 12.1 Å². The monoisotopic (exact) mass is 391 g/mol. The van der Waals surface area contributed by atoms with Crippen LogP contribution in [0.25, 0.3) is 0 Å². The predicted molar refractivity (Wildman–Crippen MR) is 99.9 cm³/mol. The molecule has 0 aliphatic carbocycles. The van der Waals surface area contributed by atoms with E-state index in [-0.39, 0.29) is 39.7 Å². The van der Waals surface area contributed by atoms with Gasteiger partial charge in [0.2, 0.25) is 11.8 Å². The molecule has 0 aliphatic heterocycles. The first-order valence-corrected chi connectivity index (χ1v) is 8.91. The molecule has 0 saturated carbocycles. The molecule has 2 N–H and O–H groups in total. The molecule has 0 saturated heterocycles. The fourth-order valence-corrected chi connectivity index (χ4v) is 3.29. The second kappa shape index (κ2) is 8.63. The van der Waals surface area contributed by atoms with Gasteiger partial charge in [-0.3, -0.25) is 19.7 Å². The van der Waals surface area contributed by atoms with E-state index in [0.717, 1.165) is 23.4 Å². The number of hydrogen-bond acceptors (Lipinski definition) is 5. The zero-order valence-electron chi connectivity index (χ0n) is 14.7. The van der Waals surface area contributed by atoms with Crippen LogP contribution in [-0.2, 0) is 4.79 Å². The summed E-state index contributed by atoms with van der Waals surface area (Å²) in [5, 5.41) is 11.2. The third-order valence-corrected chi connectivity index (χ3v) is 5.17. The maximum atomic E-state index is 13.0. The van der Waals surface area contributed by atoms with Crippen LogP contribution in [0.3, 0.4) is 0 Å². The van der Waals surface area contributed by atoms with Crippen LogP contribution in [-0.4, -0.2) is 34.4 Å². The van der Waals surface area contributed by atoms with Crippen molar-refractivity contribution in [1.29, 1.82) is 0 Å². The van der Waals surface area contributed by atoms with E-state index in [4.69, 9.17) is 5.73 Å². The highest BCUT2D eigenvalue weighted by molar-refractivity contribution is 8.00. The standard InChI is InChI=1S/C18H18FN3O4S/c1-11(12-3-6-14(19)7-4-12)21(2)17(23)10-27-16-8-5-13(18(20)24)9-15(16)22(25)26/h3-9,11H,10H2,1-2H3,(H2,20,24). The van der Waals surface area contributed by atoms with Crippen molar-refractivity contribution >= 4 is 29.3 Å². The Balaban J connectivity index is 2.09. The number of nitro benzene ring substituents is 1. The number of nitro groups is 1. The van der Waals surface area contributed by atoms with Gasteiger partial charge < -0.3 is 10.6 Å². The van der Waals surface area contributed by atoms with Crippen molar-refractivity contribution < 1.29 is 18.9 Å². The van der Waals surface area contributed by atoms with Crippen LogP contribution in [0.4, 0.5) is 10.1 Å². The average Bonchev–Trinajstić information content (AvgIpc) is 2.65. The maximum absolute atomic E-state index is 13.0. The Morgan fingerprint density at radius 3 is 2.44 bits per heavy atom. The van der Waals surface area contributed by atoms with Crippen LogP contribution < -0.4 is 5.73 Å². The summed E-state index contributed by atoms with van der Waals surface area (Å²) < 4.78 is 13.0. The van der Waals surface area contributed by atoms with Crippen molar-refractivity contribution in [1.82, 2.24) is 4.90 Å². The van der Waals surface area contributed by atoms with Crippen molar-refractivity contribution in [3.05, 3.63) is 69.5 Å². The number of nitrogens with zero attached hydrogens (tertiary/aromatic N) is 2. The highest BCUT2D eigenvalue weighted by atomic mass is 32.2. The van der Waals surface area contributed by atoms with Crippen molar-refractivity contribution in [3.8, 4) is 0 Å². The summed E-state index contributed by atoms with van der Waals surface area (Å²) in [5.74, 6) is -1.40. The summed E-state index contributed by atoms with van der Waals surface area (Å²) >= 11 is 1.00. The molecule has 1 unspecified atom stereocenters. The SMILES string of the molecule is CC(c1ccc(F)cc1)N(C)C(=O)CSc1ccc(C(N)=O)cc1[N+](=O)[O-]. The quantitative estimate of drug-likeness (QED) is 0.443. The predicted octanol–water partition coefficient (Wildman–Crippen LogP) is 3.14. The summed E-state index contributed by atoms with van der Waals surface area (Å²) in [6.45, 7) is 1.81. The van der Waals surface area contributed by atoms with Gasteiger partial charge in [0.15, 0.2) is 0 Å². The first kappa shape index (κ1) is 20.4. The third kappa shape index (κ3) is 5.04. The van der Waals surface area contributed by atoms with E-state index in [2.05, 4.69) is 0 Å². The minimum Gasteiger partial charge on any atom is -0.366 e. The largest absolute Gasteiger partial charge is 0.366 e. The molecule has 0 bridgehead atoms. The van der Waals surface area contributed by atoms with Gasteiger partial charge in [0, 0.05) is 18.7 Å². The smallest absolute Gasteiger partial charge is 0.283 e. The summed E-state index contributed by atoms with van der Waals surface area (Å²) in [6.07, 6.45) is 0. The molecule has 2 aromatic rings. The number of carbonyl (C=O) groups excluding carboxylic acids is 2. The fourth-order valence-electron chi connectivity index (χ4n) is 2.36. The van der Waals surface area contributed by atoms with Crippen LogP contribution >= 0.6 is 11.8 Å². The minimum atomic E-state index is -0.765. The van der Waals surface area contributed by atoms with E-state index in [1.54, 1.807) is 26.1 Å². The van der Waals surface area contributed by atoms with Crippen LogP contribution in [0.15, 0.2) is 47.4 Å². The second-order valence-corrected chi connectivity index (χ2v) is 6.84. The molecular weight excluding hydrogens is 373 g/mol. The van der Waals surface area contributed by atoms with Crippen LogP contribution in [0.1, 0.15) is 28.9 Å². The Kier molecular flexibility index (Phi) is 6.51. The zero-order valence-corrected chi connectivity index (χ0v) is 15.5. The number of halogens is 1. The van der Waals surface area contributed by atoms with Gasteiger partial charge >= 0.3 is 0 Å². The van der Waals surface area contributed by atoms with E-state index in [1.165, 1.54) is 29.2 Å². The molecule has 0 fully saturated rings. The van der Waals surface area contributed by atoms with Crippen LogP contribution in [0.2, 0.25) is 0 Å². The molecule has 1 atom stereocenters. The van der Waals surface area contributed by atoms with Crippen LogP contribution in [0, 0.1) is 15.9 Å². The van der Waals surface area contributed by atoms with Gasteiger partial charge in [-0.05, 0) is 36.8 Å². The molecule has 9 heteroatoms. The van der Waals surface area contributed by atoms with Gasteiger partial charge in [0.1, 0.15) is 5.82 Å². The molecule has 2 aromatic carbocycles. The van der Waals surface area contributed by atoms with Crippen molar-refractivity contribution in [3.63, 3.8) is 0 Å². The van der Waals surface area contributed by atoms with Gasteiger partial charge in [-0.15, -0.1) is 11.8 Å². The number of rotatable bonds is 7. The lowest BCUT2D eigenvalue weighted by Gasteiger charge is -2.25. The topological polar surface area (TPSA) is 107 Å². The lowest BCUT2D eigenvalue weighted by molar-refractivity contribution is -0.387. The maximum Gasteiger partial charge on any atom is 0.283 e. The third-order valence-electron chi connectivity index (χ3n) is 4.12. The summed E-state index contributed by atoms with van der Waals surface area (Å²) in [7, 11) is 1.61. The molecule has 2 amide bonds. The minimum absolute atomic E-state index is 0.0272. The molecule has 27 heavy (non-hydrogen) atoms. The van der Waals surface area contributed by atoms with E-state index in [9.17, 15) is 24.1 Å². The highest BCUT2D eigenvalue weighted by Gasteiger charge is 2.21. The number of thioether (sulfide) groups is 1. The summed E-state index contributed by atoms with van der Waals surface area (Å²) in [5.41, 5.74) is 5.66. The zero-order chi connectivity index (χ0) is 20.1. The van der Waals surface area contributed by atoms with Crippen molar-refractivity contribution in [2.45, 2.75) is 17.9 Å². The molecule has 0 aromatic heterocycles. The molecule has 0 aliphatic rings. The number of benzene rings is 2. The average molecular weight is 391 g/mol. The van der Waals surface area contributed by atoms with E-state index in [0.29, 0.717) is 0 Å². The normalized spacial score (nSPS) is 11.7. The number of carbonyl (C=O) groups is 2. The van der Waals surface area contributed by atoms with Crippen LogP contribution in [0.5, 0.6) is 0 Å². The Labute approximate surface area is 159 Å². The summed E-state index contributed by atoms with van der Waals surface area (Å²) in [6, 6.07) is 9.44. The van der Waals surface area contributed by atoms with Gasteiger partial charge in [-0.25, -0.2) is 4.39 Å². The Bertz CT molecular complexity index is 873. The molecule has 2 rings (SSSR count). The lowest BCUT2D eigenvalue weighted by atomic mass is 10.1. The lowest BCUT2D eigenvalue weighted by Crippen LogP contribution is -2.31. The second-order valence-electron chi connectivity index (χ2n) is 5.82. The van der Waals surface area contributed by atoms with E-state index < -0.39 is 10.8 Å². The van der Waals surface area contributed by atoms with E-state index in [1.807, 2.05) is 0 Å². The van der Waals surface area contributed by atoms with Gasteiger partial charge in [0.25, 0.3) is 5.69 Å². The molecule has 0 radical (unpaired) electrons. The van der Waals surface area contributed by atoms with Gasteiger partial charge in [-0.2, -0.15) is 0 Å². The van der Waals surface area contributed by atoms with E-state index >= 15 is 0 Å². The first-order chi connectivity index (χ1) is 12.7. The molecular formula is C18H18FN3O4S. The summed E-state index contributed by atoms with van der Waals surface area (Å²) in [4.78, 5) is 36.0. The first-order valence-electron chi connectivity index (χ1n) is 7.93. The molecule has 0 heterocycles. The van der Waals surface area contributed by atoms with Crippen molar-refractivity contribution in [2.75, 3.05) is 12.8 Å².